The van der Waals surface area contributed by atoms with Crippen LogP contribution in [0.5, 0.6) is 0 Å². The highest BCUT2D eigenvalue weighted by Crippen LogP contribution is 2.23. The van der Waals surface area contributed by atoms with Crippen molar-refractivity contribution < 1.29 is 9.59 Å². The second kappa shape index (κ2) is 7.39. The third-order valence-electron chi connectivity index (χ3n) is 4.54. The molecule has 0 aliphatic carbocycles. The average Bonchev–Trinajstić information content (AvgIpc) is 3.06. The summed E-state index contributed by atoms with van der Waals surface area (Å²) in [7, 11) is 0. The van der Waals surface area contributed by atoms with Crippen LogP contribution in [0.25, 0.3) is 0 Å². The number of rotatable bonds is 5. The molecule has 4 heteroatoms. The summed E-state index contributed by atoms with van der Waals surface area (Å²) in [6.07, 6.45) is 4.37. The number of likely N-dealkylation sites (tertiary alicyclic amines) is 1. The molecular weight excluding hydrogens is 300 g/mol. The fourth-order valence-electron chi connectivity index (χ4n) is 3.21. The summed E-state index contributed by atoms with van der Waals surface area (Å²) < 4.78 is 0. The summed E-state index contributed by atoms with van der Waals surface area (Å²) in [6.45, 7) is 2.67. The lowest BCUT2D eigenvalue weighted by Gasteiger charge is -2.24. The zero-order valence-corrected chi connectivity index (χ0v) is 13.9. The summed E-state index contributed by atoms with van der Waals surface area (Å²) in [5.41, 5.74) is 2.59. The van der Waals surface area contributed by atoms with E-state index in [9.17, 15) is 9.59 Å². The van der Waals surface area contributed by atoms with Crippen LogP contribution in [-0.4, -0.2) is 34.2 Å². The Morgan fingerprint density at radius 1 is 1.17 bits per heavy atom. The van der Waals surface area contributed by atoms with E-state index < -0.39 is 0 Å². The largest absolute Gasteiger partial charge is 0.339 e. The number of ketones is 1. The minimum Gasteiger partial charge on any atom is -0.339 e. The highest BCUT2D eigenvalue weighted by molar-refractivity contribution is 5.96. The van der Waals surface area contributed by atoms with Crippen molar-refractivity contribution in [3.63, 3.8) is 0 Å². The first-order chi connectivity index (χ1) is 11.6. The minimum absolute atomic E-state index is 0.0172. The van der Waals surface area contributed by atoms with Crippen molar-refractivity contribution >= 4 is 11.7 Å². The number of hydrogen-bond acceptors (Lipinski definition) is 3. The molecule has 0 bridgehead atoms. The number of hydrogen-bond donors (Lipinski definition) is 0. The Morgan fingerprint density at radius 3 is 2.67 bits per heavy atom. The maximum Gasteiger partial charge on any atom is 0.227 e. The topological polar surface area (TPSA) is 50.3 Å². The Balaban J connectivity index is 1.63. The Hall–Kier alpha value is -2.49. The molecule has 1 unspecified atom stereocenters. The molecular formula is C20H22N2O2. The number of amides is 1. The first-order valence-electron chi connectivity index (χ1n) is 8.43. The van der Waals surface area contributed by atoms with Gasteiger partial charge in [-0.25, -0.2) is 0 Å². The number of aromatic nitrogens is 1. The molecule has 1 aromatic carbocycles. The van der Waals surface area contributed by atoms with Crippen LogP contribution in [-0.2, 0) is 11.2 Å². The van der Waals surface area contributed by atoms with Crippen LogP contribution >= 0.6 is 0 Å². The molecule has 2 aromatic rings. The Bertz CT molecular complexity index is 710. The van der Waals surface area contributed by atoms with Crippen LogP contribution in [0.1, 0.15) is 40.9 Å². The Labute approximate surface area is 142 Å². The number of benzene rings is 1. The van der Waals surface area contributed by atoms with Gasteiger partial charge in [-0.1, -0.05) is 36.4 Å². The van der Waals surface area contributed by atoms with Gasteiger partial charge in [0.25, 0.3) is 0 Å². The van der Waals surface area contributed by atoms with Crippen molar-refractivity contribution in [1.82, 2.24) is 9.88 Å². The fourth-order valence-corrected chi connectivity index (χ4v) is 3.21. The predicted molar refractivity (Wildman–Crippen MR) is 92.8 cm³/mol. The molecule has 2 heterocycles. The summed E-state index contributed by atoms with van der Waals surface area (Å²) in [4.78, 5) is 31.1. The van der Waals surface area contributed by atoms with E-state index in [-0.39, 0.29) is 17.7 Å². The van der Waals surface area contributed by atoms with Crippen LogP contribution in [0.3, 0.4) is 0 Å². The molecule has 1 aliphatic rings. The van der Waals surface area contributed by atoms with Gasteiger partial charge in [0.2, 0.25) is 5.91 Å². The van der Waals surface area contributed by atoms with E-state index in [0.717, 1.165) is 36.2 Å². The highest BCUT2D eigenvalue weighted by atomic mass is 16.2. The molecule has 1 aliphatic heterocycles. The third-order valence-corrected chi connectivity index (χ3v) is 4.54. The molecule has 1 saturated heterocycles. The van der Waals surface area contributed by atoms with Gasteiger partial charge in [0.1, 0.15) is 0 Å². The zero-order chi connectivity index (χ0) is 16.9. The van der Waals surface area contributed by atoms with E-state index in [2.05, 4.69) is 4.98 Å². The molecule has 4 nitrogen and oxygen atoms in total. The highest BCUT2D eigenvalue weighted by Gasteiger charge is 2.30. The van der Waals surface area contributed by atoms with E-state index >= 15 is 0 Å². The van der Waals surface area contributed by atoms with Gasteiger partial charge < -0.3 is 4.90 Å². The van der Waals surface area contributed by atoms with E-state index in [4.69, 9.17) is 0 Å². The quantitative estimate of drug-likeness (QED) is 0.794. The zero-order valence-electron chi connectivity index (χ0n) is 13.9. The number of carbonyl (C=O) groups excluding carboxylic acids is 2. The minimum atomic E-state index is 0.0172. The molecule has 3 rings (SSSR count). The first-order valence-corrected chi connectivity index (χ1v) is 8.43. The number of aryl methyl sites for hydroxylation is 1. The van der Waals surface area contributed by atoms with E-state index in [1.807, 2.05) is 54.3 Å². The van der Waals surface area contributed by atoms with Gasteiger partial charge in [-0.15, -0.1) is 0 Å². The molecule has 0 N–H and O–H groups in total. The number of nitrogens with zero attached hydrogens (tertiary/aromatic N) is 2. The fraction of sp³-hybridized carbons (Fsp3) is 0.350. The van der Waals surface area contributed by atoms with Crippen molar-refractivity contribution in [3.05, 3.63) is 65.5 Å². The molecule has 0 radical (unpaired) electrons. The summed E-state index contributed by atoms with van der Waals surface area (Å²) in [5.74, 6) is 0.196. The second-order valence-corrected chi connectivity index (χ2v) is 6.36. The Morgan fingerprint density at radius 2 is 1.96 bits per heavy atom. The molecule has 0 saturated carbocycles. The monoisotopic (exact) mass is 322 g/mol. The lowest BCUT2D eigenvalue weighted by molar-refractivity contribution is -0.131. The van der Waals surface area contributed by atoms with E-state index in [1.54, 1.807) is 6.20 Å². The smallest absolute Gasteiger partial charge is 0.227 e. The standard InChI is InChI=1S/C20H22N2O2/c1-15-9-10-16(14-21-15)12-20(24)22-11-5-8-18(22)13-19(23)17-6-3-2-4-7-17/h2-4,6-7,9-10,14,18H,5,8,11-13H2,1H3. The van der Waals surface area contributed by atoms with Gasteiger partial charge >= 0.3 is 0 Å². The van der Waals surface area contributed by atoms with Crippen molar-refractivity contribution in [3.8, 4) is 0 Å². The van der Waals surface area contributed by atoms with E-state index in [0.29, 0.717) is 12.8 Å². The van der Waals surface area contributed by atoms with Crippen molar-refractivity contribution in [2.24, 2.45) is 0 Å². The van der Waals surface area contributed by atoms with Gasteiger partial charge in [0.05, 0.1) is 6.42 Å². The summed E-state index contributed by atoms with van der Waals surface area (Å²) >= 11 is 0. The van der Waals surface area contributed by atoms with Crippen molar-refractivity contribution in [2.45, 2.75) is 38.6 Å². The summed E-state index contributed by atoms with van der Waals surface area (Å²) in [6, 6.07) is 13.2. The van der Waals surface area contributed by atoms with E-state index in [1.165, 1.54) is 0 Å². The average molecular weight is 322 g/mol. The van der Waals surface area contributed by atoms with Gasteiger partial charge in [-0.2, -0.15) is 0 Å². The van der Waals surface area contributed by atoms with Gasteiger partial charge in [0.15, 0.2) is 5.78 Å². The molecule has 1 amide bonds. The summed E-state index contributed by atoms with van der Waals surface area (Å²) in [5, 5.41) is 0. The molecule has 1 atom stereocenters. The number of carbonyl (C=O) groups is 2. The van der Waals surface area contributed by atoms with Crippen LogP contribution in [0.4, 0.5) is 0 Å². The lowest BCUT2D eigenvalue weighted by Crippen LogP contribution is -2.37. The van der Waals surface area contributed by atoms with Crippen molar-refractivity contribution in [1.29, 1.82) is 0 Å². The lowest BCUT2D eigenvalue weighted by atomic mass is 10.0. The molecule has 24 heavy (non-hydrogen) atoms. The number of Topliss-reactive ketones (excluding diaryl/α,β-unsaturated/α-hetero) is 1. The number of pyridine rings is 1. The molecule has 124 valence electrons. The maximum absolute atomic E-state index is 12.6. The predicted octanol–water partition coefficient (Wildman–Crippen LogP) is 3.20. The molecule has 1 aromatic heterocycles. The van der Waals surface area contributed by atoms with Gasteiger partial charge in [-0.3, -0.25) is 14.6 Å². The van der Waals surface area contributed by atoms with Crippen molar-refractivity contribution in [2.75, 3.05) is 6.54 Å². The van der Waals surface area contributed by atoms with Gasteiger partial charge in [0, 0.05) is 36.5 Å². The van der Waals surface area contributed by atoms with Crippen LogP contribution in [0.15, 0.2) is 48.7 Å². The third kappa shape index (κ3) is 3.88. The van der Waals surface area contributed by atoms with Gasteiger partial charge in [-0.05, 0) is 31.4 Å². The first kappa shape index (κ1) is 16.4. The normalized spacial score (nSPS) is 17.0. The van der Waals surface area contributed by atoms with Crippen LogP contribution < -0.4 is 0 Å². The SMILES string of the molecule is Cc1ccc(CC(=O)N2CCCC2CC(=O)c2ccccc2)cn1. The Kier molecular flexibility index (Phi) is 5.04. The van der Waals surface area contributed by atoms with Crippen LogP contribution in [0.2, 0.25) is 0 Å². The molecule has 1 fully saturated rings. The maximum atomic E-state index is 12.6. The molecule has 0 spiro atoms. The second-order valence-electron chi connectivity index (χ2n) is 6.36. The van der Waals surface area contributed by atoms with Crippen LogP contribution in [0, 0.1) is 6.92 Å².